The van der Waals surface area contributed by atoms with Crippen molar-refractivity contribution in [3.63, 3.8) is 0 Å². The van der Waals surface area contributed by atoms with Crippen LogP contribution in [0.3, 0.4) is 0 Å². The van der Waals surface area contributed by atoms with Crippen LogP contribution in [0.2, 0.25) is 0 Å². The van der Waals surface area contributed by atoms with Crippen molar-refractivity contribution in [2.45, 2.75) is 31.8 Å². The van der Waals surface area contributed by atoms with E-state index < -0.39 is 11.5 Å². The van der Waals surface area contributed by atoms with Crippen molar-refractivity contribution in [3.8, 4) is 0 Å². The van der Waals surface area contributed by atoms with Gasteiger partial charge in [0.15, 0.2) is 11.4 Å². The molecule has 0 aromatic heterocycles. The maximum Gasteiger partial charge on any atom is 0.265 e. The molecule has 6 heteroatoms. The van der Waals surface area contributed by atoms with Gasteiger partial charge in [-0.15, -0.1) is 0 Å². The van der Waals surface area contributed by atoms with Gasteiger partial charge in [-0.25, -0.2) is 0 Å². The summed E-state index contributed by atoms with van der Waals surface area (Å²) in [5, 5.41) is 11.5. The molecule has 164 valence electrons. The fraction of sp³-hybridized carbons (Fsp3) is 0.440. The number of Topliss-reactive ketones (excluding diaryl/α,β-unsaturated/α-hetero) is 1. The fourth-order valence-electron chi connectivity index (χ4n) is 4.49. The van der Waals surface area contributed by atoms with Gasteiger partial charge in [0.25, 0.3) is 5.91 Å². The van der Waals surface area contributed by atoms with E-state index in [9.17, 15) is 14.7 Å². The lowest BCUT2D eigenvalue weighted by Gasteiger charge is -2.35. The zero-order valence-electron chi connectivity index (χ0n) is 18.4. The Morgan fingerprint density at radius 3 is 2.39 bits per heavy atom. The van der Waals surface area contributed by atoms with Gasteiger partial charge in [0.1, 0.15) is 0 Å². The second kappa shape index (κ2) is 8.91. The van der Waals surface area contributed by atoms with Crippen molar-refractivity contribution in [1.82, 2.24) is 9.80 Å². The van der Waals surface area contributed by atoms with Crippen molar-refractivity contribution in [1.29, 1.82) is 0 Å². The van der Waals surface area contributed by atoms with Crippen LogP contribution >= 0.6 is 0 Å². The molecule has 0 radical (unpaired) electrons. The number of aliphatic hydroxyl groups is 1. The summed E-state index contributed by atoms with van der Waals surface area (Å²) in [6.07, 6.45) is 1.75. The summed E-state index contributed by atoms with van der Waals surface area (Å²) in [6.45, 7) is 6.16. The number of benzene rings is 2. The van der Waals surface area contributed by atoms with Crippen LogP contribution in [0.25, 0.3) is 0 Å². The number of anilines is 1. The first-order chi connectivity index (χ1) is 14.9. The number of aryl methyl sites for hydroxylation is 1. The van der Waals surface area contributed by atoms with Crippen LogP contribution in [0.5, 0.6) is 0 Å². The lowest BCUT2D eigenvalue weighted by Crippen LogP contribution is -2.51. The second-order valence-corrected chi connectivity index (χ2v) is 8.72. The van der Waals surface area contributed by atoms with Gasteiger partial charge in [-0.2, -0.15) is 0 Å². The number of amides is 1. The number of nitrogens with zero attached hydrogens (tertiary/aromatic N) is 3. The third-order valence-corrected chi connectivity index (χ3v) is 6.41. The molecule has 2 aromatic rings. The Hall–Kier alpha value is -2.54. The highest BCUT2D eigenvalue weighted by Crippen LogP contribution is 2.43. The van der Waals surface area contributed by atoms with E-state index in [2.05, 4.69) is 23.8 Å². The first-order valence-corrected chi connectivity index (χ1v) is 11.1. The van der Waals surface area contributed by atoms with Crippen molar-refractivity contribution in [2.75, 3.05) is 44.8 Å². The van der Waals surface area contributed by atoms with E-state index in [4.69, 9.17) is 0 Å². The van der Waals surface area contributed by atoms with E-state index in [1.165, 1.54) is 5.56 Å². The Kier molecular flexibility index (Phi) is 6.23. The van der Waals surface area contributed by atoms with Gasteiger partial charge in [-0.1, -0.05) is 55.8 Å². The average Bonchev–Trinajstić information content (AvgIpc) is 2.98. The number of likely N-dealkylation sites (N-methyl/N-ethyl adjacent to an activating group) is 1. The molecule has 2 aromatic carbocycles. The van der Waals surface area contributed by atoms with Crippen LogP contribution < -0.4 is 4.90 Å². The highest BCUT2D eigenvalue weighted by atomic mass is 16.3. The van der Waals surface area contributed by atoms with Gasteiger partial charge in [0, 0.05) is 37.3 Å². The van der Waals surface area contributed by atoms with Crippen LogP contribution in [-0.2, 0) is 16.8 Å². The predicted molar refractivity (Wildman–Crippen MR) is 121 cm³/mol. The third-order valence-electron chi connectivity index (χ3n) is 6.41. The van der Waals surface area contributed by atoms with Crippen molar-refractivity contribution >= 4 is 17.4 Å². The molecule has 0 bridgehead atoms. The Balaban J connectivity index is 1.55. The summed E-state index contributed by atoms with van der Waals surface area (Å²) in [7, 11) is 2.09. The van der Waals surface area contributed by atoms with Crippen LogP contribution in [0.1, 0.15) is 41.3 Å². The maximum absolute atomic E-state index is 13.4. The number of piperazine rings is 1. The molecular formula is C25H31N3O3. The van der Waals surface area contributed by atoms with Gasteiger partial charge >= 0.3 is 0 Å². The zero-order chi connectivity index (χ0) is 22.0. The lowest BCUT2D eigenvalue weighted by molar-refractivity contribution is -0.136. The number of hydrogen-bond acceptors (Lipinski definition) is 5. The Morgan fingerprint density at radius 2 is 1.71 bits per heavy atom. The summed E-state index contributed by atoms with van der Waals surface area (Å²) in [4.78, 5) is 32.5. The number of hydrogen-bond donors (Lipinski definition) is 1. The highest BCUT2D eigenvalue weighted by Gasteiger charge is 2.51. The molecule has 2 aliphatic rings. The number of carbonyl (C=O) groups is 2. The molecule has 1 fully saturated rings. The van der Waals surface area contributed by atoms with Gasteiger partial charge in [-0.05, 0) is 25.1 Å². The summed E-state index contributed by atoms with van der Waals surface area (Å²) in [5.74, 6) is -0.640. The van der Waals surface area contributed by atoms with Crippen molar-refractivity contribution in [3.05, 3.63) is 65.2 Å². The number of ketones is 1. The van der Waals surface area contributed by atoms with Crippen molar-refractivity contribution < 1.29 is 14.7 Å². The second-order valence-electron chi connectivity index (χ2n) is 8.72. The first kappa shape index (κ1) is 21.7. The lowest BCUT2D eigenvalue weighted by atomic mass is 9.88. The monoisotopic (exact) mass is 421 g/mol. The summed E-state index contributed by atoms with van der Waals surface area (Å²) in [5.41, 5.74) is 1.09. The molecule has 0 aliphatic carbocycles. The highest BCUT2D eigenvalue weighted by molar-refractivity contribution is 6.10. The Labute approximate surface area is 184 Å². The van der Waals surface area contributed by atoms with Crippen LogP contribution in [0, 0.1) is 0 Å². The number of fused-ring (bicyclic) bond motifs is 1. The molecule has 2 heterocycles. The van der Waals surface area contributed by atoms with E-state index in [0.717, 1.165) is 39.0 Å². The molecule has 4 rings (SSSR count). The molecule has 1 atom stereocenters. The standard InChI is InChI=1S/C25H31N3O3/c1-3-6-19-9-11-20(12-10-19)23(29)17-25(31)21-7-4-5-8-22(21)28(24(25)30)18-27-15-13-26(2)14-16-27/h4-5,7-12,31H,3,6,13-18H2,1-2H3. The molecule has 1 amide bonds. The zero-order valence-corrected chi connectivity index (χ0v) is 18.4. The van der Waals surface area contributed by atoms with Gasteiger partial charge in [-0.3, -0.25) is 19.4 Å². The Bertz CT molecular complexity index is 951. The summed E-state index contributed by atoms with van der Waals surface area (Å²) < 4.78 is 0. The minimum atomic E-state index is -1.83. The van der Waals surface area contributed by atoms with E-state index in [-0.39, 0.29) is 12.2 Å². The normalized spacial score (nSPS) is 22.0. The average molecular weight is 422 g/mol. The number of carbonyl (C=O) groups excluding carboxylic acids is 2. The molecule has 31 heavy (non-hydrogen) atoms. The quantitative estimate of drug-likeness (QED) is 0.697. The minimum Gasteiger partial charge on any atom is -0.375 e. The van der Waals surface area contributed by atoms with E-state index in [1.54, 1.807) is 29.2 Å². The predicted octanol–water partition coefficient (Wildman–Crippen LogP) is 2.65. The summed E-state index contributed by atoms with van der Waals surface area (Å²) in [6, 6.07) is 14.8. The smallest absolute Gasteiger partial charge is 0.265 e. The molecule has 6 nitrogen and oxygen atoms in total. The topological polar surface area (TPSA) is 64.1 Å². The van der Waals surface area contributed by atoms with E-state index in [0.29, 0.717) is 23.5 Å². The first-order valence-electron chi connectivity index (χ1n) is 11.1. The number of para-hydroxylation sites is 1. The van der Waals surface area contributed by atoms with Gasteiger partial charge in [0.2, 0.25) is 0 Å². The molecule has 1 unspecified atom stereocenters. The van der Waals surface area contributed by atoms with Crippen LogP contribution in [0.4, 0.5) is 5.69 Å². The Morgan fingerprint density at radius 1 is 1.03 bits per heavy atom. The fourth-order valence-corrected chi connectivity index (χ4v) is 4.49. The van der Waals surface area contributed by atoms with Crippen molar-refractivity contribution in [2.24, 2.45) is 0 Å². The third kappa shape index (κ3) is 4.28. The van der Waals surface area contributed by atoms with Gasteiger partial charge < -0.3 is 10.0 Å². The molecule has 0 spiro atoms. The molecule has 1 N–H and O–H groups in total. The van der Waals surface area contributed by atoms with Crippen LogP contribution in [0.15, 0.2) is 48.5 Å². The SMILES string of the molecule is CCCc1ccc(C(=O)CC2(O)C(=O)N(CN3CCN(C)CC3)c3ccccc32)cc1. The molecule has 0 saturated carbocycles. The molecule has 1 saturated heterocycles. The van der Waals surface area contributed by atoms with E-state index in [1.807, 2.05) is 24.3 Å². The summed E-state index contributed by atoms with van der Waals surface area (Å²) >= 11 is 0. The largest absolute Gasteiger partial charge is 0.375 e. The van der Waals surface area contributed by atoms with Crippen LogP contribution in [-0.4, -0.2) is 66.5 Å². The molecule has 2 aliphatic heterocycles. The van der Waals surface area contributed by atoms with Gasteiger partial charge in [0.05, 0.1) is 18.8 Å². The minimum absolute atomic E-state index is 0.227. The maximum atomic E-state index is 13.4. The van der Waals surface area contributed by atoms with E-state index >= 15 is 0 Å². The molecular weight excluding hydrogens is 390 g/mol. The number of rotatable bonds is 7.